The Morgan fingerprint density at radius 1 is 1.07 bits per heavy atom. The van der Waals surface area contributed by atoms with Crippen LogP contribution in [0.15, 0.2) is 48.7 Å². The number of nitrogens with one attached hydrogen (secondary N) is 1. The highest BCUT2D eigenvalue weighted by Crippen LogP contribution is 2.31. The largest absolute Gasteiger partial charge is 0.496 e. The monoisotopic (exact) mass is 409 g/mol. The number of aromatic nitrogens is 1. The van der Waals surface area contributed by atoms with E-state index in [1.807, 2.05) is 12.3 Å². The molecule has 0 unspecified atom stereocenters. The Morgan fingerprint density at radius 2 is 1.77 bits per heavy atom. The van der Waals surface area contributed by atoms with Crippen LogP contribution in [0.4, 0.5) is 0 Å². The van der Waals surface area contributed by atoms with Crippen LogP contribution >= 0.6 is 0 Å². The highest BCUT2D eigenvalue weighted by molar-refractivity contribution is 5.89. The molecule has 2 heterocycles. The molecule has 1 aliphatic rings. The summed E-state index contributed by atoms with van der Waals surface area (Å²) in [6.07, 6.45) is 2.02. The second kappa shape index (κ2) is 10.3. The van der Waals surface area contributed by atoms with Gasteiger partial charge in [-0.25, -0.2) is 4.79 Å². The smallest absolute Gasteiger partial charge is 0.337 e. The summed E-state index contributed by atoms with van der Waals surface area (Å²) in [5.74, 6) is 0.717. The number of H-pyrrole nitrogens is 1. The van der Waals surface area contributed by atoms with E-state index in [0.29, 0.717) is 5.56 Å². The van der Waals surface area contributed by atoms with Gasteiger partial charge in [-0.3, -0.25) is 4.90 Å². The zero-order chi connectivity index (χ0) is 21.5. The molecule has 3 aromatic rings. The summed E-state index contributed by atoms with van der Waals surface area (Å²) in [5, 5.41) is 1.29. The van der Waals surface area contributed by atoms with Crippen molar-refractivity contribution in [3.05, 3.63) is 65.4 Å². The van der Waals surface area contributed by atoms with Crippen LogP contribution in [0, 0.1) is 6.92 Å². The lowest BCUT2D eigenvalue weighted by molar-refractivity contribution is 0.0600. The molecular weight excluding hydrogens is 378 g/mol. The Balaban J connectivity index is 0.000000216. The molecule has 1 N–H and O–H groups in total. The lowest BCUT2D eigenvalue weighted by Crippen LogP contribution is -2.43. The van der Waals surface area contributed by atoms with Gasteiger partial charge in [0.05, 0.1) is 19.8 Å². The Bertz CT molecular complexity index is 960. The molecule has 0 bridgehead atoms. The third kappa shape index (κ3) is 5.20. The minimum Gasteiger partial charge on any atom is -0.496 e. The third-order valence-corrected chi connectivity index (χ3v) is 5.50. The van der Waals surface area contributed by atoms with Gasteiger partial charge in [-0.05, 0) is 43.8 Å². The van der Waals surface area contributed by atoms with Crippen molar-refractivity contribution in [3.63, 3.8) is 0 Å². The van der Waals surface area contributed by atoms with Gasteiger partial charge in [0.1, 0.15) is 5.75 Å². The highest BCUT2D eigenvalue weighted by atomic mass is 16.5. The third-order valence-electron chi connectivity index (χ3n) is 5.50. The highest BCUT2D eigenvalue weighted by Gasteiger charge is 2.18. The summed E-state index contributed by atoms with van der Waals surface area (Å²) in [6, 6.07) is 13.2. The standard InChI is InChI=1S/C16H23N3O.C8H8O2/c1-12-10-15(20-3)14(13-4-5-17-16(12)13)11-19-8-6-18(2)7-9-19;1-10-8(9)7-5-3-2-4-6-7/h4-5,10,17H,6-9,11H2,1-3H3;2-6H,1H3. The molecule has 0 atom stereocenters. The van der Waals surface area contributed by atoms with Crippen molar-refractivity contribution in [1.29, 1.82) is 0 Å². The predicted octanol–water partition coefficient (Wildman–Crippen LogP) is 3.71. The maximum atomic E-state index is 10.8. The van der Waals surface area contributed by atoms with Crippen LogP contribution in [-0.4, -0.2) is 68.2 Å². The molecule has 30 heavy (non-hydrogen) atoms. The molecular formula is C24H31N3O3. The van der Waals surface area contributed by atoms with Crippen LogP contribution in [0.5, 0.6) is 5.75 Å². The fourth-order valence-electron chi connectivity index (χ4n) is 3.70. The van der Waals surface area contributed by atoms with Gasteiger partial charge in [-0.1, -0.05) is 18.2 Å². The molecule has 0 aliphatic carbocycles. The van der Waals surface area contributed by atoms with E-state index in [2.05, 4.69) is 45.6 Å². The first kappa shape index (κ1) is 21.9. The van der Waals surface area contributed by atoms with E-state index >= 15 is 0 Å². The Hall–Kier alpha value is -2.83. The van der Waals surface area contributed by atoms with Gasteiger partial charge in [0.15, 0.2) is 0 Å². The Labute approximate surface area is 178 Å². The van der Waals surface area contributed by atoms with E-state index < -0.39 is 0 Å². The number of aryl methyl sites for hydroxylation is 1. The molecule has 1 aliphatic heterocycles. The number of hydrogen-bond acceptors (Lipinski definition) is 5. The number of carbonyl (C=O) groups excluding carboxylic acids is 1. The van der Waals surface area contributed by atoms with E-state index in [9.17, 15) is 4.79 Å². The van der Waals surface area contributed by atoms with Gasteiger partial charge < -0.3 is 19.4 Å². The van der Waals surface area contributed by atoms with Crippen molar-refractivity contribution in [2.24, 2.45) is 0 Å². The maximum absolute atomic E-state index is 10.8. The van der Waals surface area contributed by atoms with Crippen molar-refractivity contribution >= 4 is 16.9 Å². The Kier molecular flexibility index (Phi) is 7.49. The fraction of sp³-hybridized carbons (Fsp3) is 0.375. The molecule has 0 radical (unpaired) electrons. The van der Waals surface area contributed by atoms with E-state index in [-0.39, 0.29) is 5.97 Å². The van der Waals surface area contributed by atoms with Gasteiger partial charge >= 0.3 is 5.97 Å². The molecule has 1 saturated heterocycles. The molecule has 0 amide bonds. The number of piperazine rings is 1. The number of methoxy groups -OCH3 is 2. The average molecular weight is 410 g/mol. The maximum Gasteiger partial charge on any atom is 0.337 e. The lowest BCUT2D eigenvalue weighted by Gasteiger charge is -2.32. The second-order valence-electron chi connectivity index (χ2n) is 7.58. The van der Waals surface area contributed by atoms with Crippen molar-refractivity contribution < 1.29 is 14.3 Å². The van der Waals surface area contributed by atoms with E-state index in [0.717, 1.165) is 38.5 Å². The van der Waals surface area contributed by atoms with Gasteiger partial charge in [0, 0.05) is 55.4 Å². The molecule has 0 saturated carbocycles. The van der Waals surface area contributed by atoms with Gasteiger partial charge in [-0.15, -0.1) is 0 Å². The van der Waals surface area contributed by atoms with E-state index in [1.54, 1.807) is 31.4 Å². The summed E-state index contributed by atoms with van der Waals surface area (Å²) in [6.45, 7) is 7.63. The first-order chi connectivity index (χ1) is 14.5. The lowest BCUT2D eigenvalue weighted by atomic mass is 10.0. The fourth-order valence-corrected chi connectivity index (χ4v) is 3.70. The zero-order valence-electron chi connectivity index (χ0n) is 18.3. The molecule has 2 aromatic carbocycles. The molecule has 6 heteroatoms. The quantitative estimate of drug-likeness (QED) is 0.666. The Morgan fingerprint density at radius 3 is 2.40 bits per heavy atom. The molecule has 4 rings (SSSR count). The number of aromatic amines is 1. The minimum absolute atomic E-state index is 0.291. The number of benzene rings is 2. The molecule has 1 fully saturated rings. The van der Waals surface area contributed by atoms with Crippen molar-refractivity contribution in [2.75, 3.05) is 47.4 Å². The van der Waals surface area contributed by atoms with Gasteiger partial charge in [-0.2, -0.15) is 0 Å². The van der Waals surface area contributed by atoms with Crippen LogP contribution < -0.4 is 4.74 Å². The molecule has 160 valence electrons. The van der Waals surface area contributed by atoms with Crippen molar-refractivity contribution in [3.8, 4) is 5.75 Å². The number of ether oxygens (including phenoxy) is 2. The zero-order valence-corrected chi connectivity index (χ0v) is 18.3. The number of esters is 1. The van der Waals surface area contributed by atoms with Crippen LogP contribution in [0.3, 0.4) is 0 Å². The SMILES string of the molecule is COC(=O)c1ccccc1.COc1cc(C)c2[nH]ccc2c1CN1CCN(C)CC1. The van der Waals surface area contributed by atoms with Gasteiger partial charge in [0.2, 0.25) is 0 Å². The number of carbonyl (C=O) groups is 1. The summed E-state index contributed by atoms with van der Waals surface area (Å²) in [7, 11) is 5.32. The van der Waals surface area contributed by atoms with Crippen molar-refractivity contribution in [2.45, 2.75) is 13.5 Å². The van der Waals surface area contributed by atoms with Crippen LogP contribution in [0.1, 0.15) is 21.5 Å². The van der Waals surface area contributed by atoms with Crippen LogP contribution in [-0.2, 0) is 11.3 Å². The minimum atomic E-state index is -0.291. The second-order valence-corrected chi connectivity index (χ2v) is 7.58. The van der Waals surface area contributed by atoms with Crippen LogP contribution in [0.2, 0.25) is 0 Å². The predicted molar refractivity (Wildman–Crippen MR) is 120 cm³/mol. The number of nitrogens with zero attached hydrogens (tertiary/aromatic N) is 2. The number of likely N-dealkylation sites (N-methyl/N-ethyl adjacent to an activating group) is 1. The van der Waals surface area contributed by atoms with Crippen molar-refractivity contribution in [1.82, 2.24) is 14.8 Å². The summed E-state index contributed by atoms with van der Waals surface area (Å²) < 4.78 is 10.1. The number of rotatable bonds is 4. The normalized spacial score (nSPS) is 14.8. The van der Waals surface area contributed by atoms with Gasteiger partial charge in [0.25, 0.3) is 0 Å². The van der Waals surface area contributed by atoms with Crippen LogP contribution in [0.25, 0.3) is 10.9 Å². The summed E-state index contributed by atoms with van der Waals surface area (Å²) in [4.78, 5) is 19.0. The molecule has 6 nitrogen and oxygen atoms in total. The summed E-state index contributed by atoms with van der Waals surface area (Å²) >= 11 is 0. The number of hydrogen-bond donors (Lipinski definition) is 1. The average Bonchev–Trinajstić information content (AvgIpc) is 3.28. The first-order valence-electron chi connectivity index (χ1n) is 10.2. The van der Waals surface area contributed by atoms with E-state index in [1.165, 1.54) is 29.1 Å². The topological polar surface area (TPSA) is 57.8 Å². The number of fused-ring (bicyclic) bond motifs is 1. The van der Waals surface area contributed by atoms with E-state index in [4.69, 9.17) is 4.74 Å². The first-order valence-corrected chi connectivity index (χ1v) is 10.2. The molecule has 0 spiro atoms. The molecule has 1 aromatic heterocycles. The summed E-state index contributed by atoms with van der Waals surface area (Å²) in [5.41, 5.74) is 4.36.